The van der Waals surface area contributed by atoms with E-state index in [4.69, 9.17) is 5.11 Å². The molecule has 0 saturated carbocycles. The van der Waals surface area contributed by atoms with Crippen molar-refractivity contribution in [2.45, 2.75) is 19.1 Å². The van der Waals surface area contributed by atoms with Crippen molar-refractivity contribution in [3.63, 3.8) is 0 Å². The van der Waals surface area contributed by atoms with E-state index in [2.05, 4.69) is 15.3 Å². The minimum absolute atomic E-state index is 0.0734. The number of aromatic amines is 1. The molecule has 0 bridgehead atoms. The number of hydrogen-bond donors (Lipinski definition) is 3. The van der Waals surface area contributed by atoms with E-state index in [0.29, 0.717) is 36.3 Å². The van der Waals surface area contributed by atoms with Crippen molar-refractivity contribution in [1.82, 2.24) is 20.2 Å². The number of benzene rings is 1. The second-order valence-corrected chi connectivity index (χ2v) is 5.53. The number of rotatable bonds is 4. The Morgan fingerprint density at radius 1 is 1.43 bits per heavy atom. The molecule has 2 heterocycles. The molecule has 0 aliphatic carbocycles. The lowest BCUT2D eigenvalue weighted by Gasteiger charge is -2.17. The molecule has 1 fully saturated rings. The largest absolute Gasteiger partial charge is 0.392 e. The molecule has 0 radical (unpaired) electrons. The van der Waals surface area contributed by atoms with E-state index in [-0.39, 0.29) is 24.5 Å². The summed E-state index contributed by atoms with van der Waals surface area (Å²) in [6, 6.07) is 6.88. The first-order chi connectivity index (χ1) is 11.2. The van der Waals surface area contributed by atoms with E-state index in [1.807, 2.05) is 0 Å². The van der Waals surface area contributed by atoms with E-state index in [9.17, 15) is 9.59 Å². The minimum Gasteiger partial charge on any atom is -0.392 e. The maximum absolute atomic E-state index is 12.5. The third-order valence-corrected chi connectivity index (χ3v) is 3.91. The molecule has 1 saturated heterocycles. The summed E-state index contributed by atoms with van der Waals surface area (Å²) >= 11 is 0. The van der Waals surface area contributed by atoms with Gasteiger partial charge in [-0.1, -0.05) is 12.1 Å². The Morgan fingerprint density at radius 3 is 3.04 bits per heavy atom. The highest BCUT2D eigenvalue weighted by molar-refractivity contribution is 5.95. The Morgan fingerprint density at radius 2 is 2.30 bits per heavy atom. The van der Waals surface area contributed by atoms with Crippen LogP contribution in [-0.2, 0) is 6.61 Å². The first kappa shape index (κ1) is 15.2. The zero-order valence-corrected chi connectivity index (χ0v) is 12.5. The van der Waals surface area contributed by atoms with Crippen LogP contribution in [0.2, 0.25) is 0 Å². The number of H-pyrrole nitrogens is 1. The van der Waals surface area contributed by atoms with Crippen LogP contribution >= 0.6 is 0 Å². The van der Waals surface area contributed by atoms with Crippen molar-refractivity contribution >= 4 is 11.8 Å². The van der Waals surface area contributed by atoms with Crippen molar-refractivity contribution in [1.29, 1.82) is 0 Å². The summed E-state index contributed by atoms with van der Waals surface area (Å²) in [5.41, 5.74) is 1.67. The molecule has 2 aromatic rings. The van der Waals surface area contributed by atoms with Crippen LogP contribution in [0.25, 0.3) is 0 Å². The molecule has 7 heteroatoms. The molecule has 7 nitrogen and oxygen atoms in total. The first-order valence-electron chi connectivity index (χ1n) is 7.45. The van der Waals surface area contributed by atoms with Gasteiger partial charge >= 0.3 is 0 Å². The van der Waals surface area contributed by atoms with Crippen molar-refractivity contribution in [3.05, 3.63) is 53.6 Å². The summed E-state index contributed by atoms with van der Waals surface area (Å²) in [7, 11) is 0. The van der Waals surface area contributed by atoms with Gasteiger partial charge in [-0.3, -0.25) is 9.59 Å². The van der Waals surface area contributed by atoms with E-state index >= 15 is 0 Å². The zero-order valence-electron chi connectivity index (χ0n) is 12.5. The van der Waals surface area contributed by atoms with Gasteiger partial charge in [-0.25, -0.2) is 4.98 Å². The molecule has 1 atom stereocenters. The number of aliphatic hydroxyl groups is 1. The van der Waals surface area contributed by atoms with E-state index in [1.165, 1.54) is 12.5 Å². The predicted octanol–water partition coefficient (Wildman–Crippen LogP) is 0.546. The highest BCUT2D eigenvalue weighted by Gasteiger charge is 2.28. The van der Waals surface area contributed by atoms with Gasteiger partial charge in [0, 0.05) is 24.7 Å². The highest BCUT2D eigenvalue weighted by atomic mass is 16.3. The normalized spacial score (nSPS) is 17.3. The molecule has 1 aromatic carbocycles. The fourth-order valence-corrected chi connectivity index (χ4v) is 2.69. The number of nitrogens with one attached hydrogen (secondary N) is 2. The maximum atomic E-state index is 12.5. The van der Waals surface area contributed by atoms with Crippen LogP contribution in [0.15, 0.2) is 36.8 Å². The lowest BCUT2D eigenvalue weighted by Crippen LogP contribution is -2.38. The quantitative estimate of drug-likeness (QED) is 0.767. The molecular formula is C16H18N4O3. The highest BCUT2D eigenvalue weighted by Crippen LogP contribution is 2.15. The van der Waals surface area contributed by atoms with Gasteiger partial charge in [-0.15, -0.1) is 0 Å². The summed E-state index contributed by atoms with van der Waals surface area (Å²) in [6.07, 6.45) is 3.63. The van der Waals surface area contributed by atoms with Crippen molar-refractivity contribution < 1.29 is 14.7 Å². The summed E-state index contributed by atoms with van der Waals surface area (Å²) in [4.78, 5) is 32.8. The molecule has 2 amide bonds. The number of imidazole rings is 1. The summed E-state index contributed by atoms with van der Waals surface area (Å²) in [5.74, 6) is -0.303. The number of amides is 2. The number of nitrogens with zero attached hydrogens (tertiary/aromatic N) is 2. The monoisotopic (exact) mass is 314 g/mol. The maximum Gasteiger partial charge on any atom is 0.269 e. The second-order valence-electron chi connectivity index (χ2n) is 5.53. The van der Waals surface area contributed by atoms with Crippen LogP contribution in [0.4, 0.5) is 0 Å². The second kappa shape index (κ2) is 6.62. The Kier molecular flexibility index (Phi) is 4.38. The van der Waals surface area contributed by atoms with Crippen LogP contribution in [0, 0.1) is 0 Å². The van der Waals surface area contributed by atoms with Crippen molar-refractivity contribution in [2.75, 3.05) is 13.1 Å². The van der Waals surface area contributed by atoms with E-state index in [0.717, 1.165) is 0 Å². The summed E-state index contributed by atoms with van der Waals surface area (Å²) < 4.78 is 0. The van der Waals surface area contributed by atoms with Gasteiger partial charge in [0.15, 0.2) is 0 Å². The fraction of sp³-hybridized carbons (Fsp3) is 0.312. The van der Waals surface area contributed by atoms with Gasteiger partial charge in [0.05, 0.1) is 19.1 Å². The van der Waals surface area contributed by atoms with E-state index in [1.54, 1.807) is 29.2 Å². The summed E-state index contributed by atoms with van der Waals surface area (Å²) in [6.45, 7) is 0.974. The van der Waals surface area contributed by atoms with Gasteiger partial charge in [-0.2, -0.15) is 0 Å². The van der Waals surface area contributed by atoms with Gasteiger partial charge in [0.2, 0.25) is 0 Å². The van der Waals surface area contributed by atoms with Crippen molar-refractivity contribution in [3.8, 4) is 0 Å². The number of aliphatic hydroxyl groups excluding tert-OH is 1. The lowest BCUT2D eigenvalue weighted by molar-refractivity contribution is 0.0782. The Hall–Kier alpha value is -2.67. The SMILES string of the molecule is O=C(N[C@H]1CCN(C(=O)c2cccc(CO)c2)C1)c1cnc[nH]1. The molecule has 1 aliphatic heterocycles. The average molecular weight is 314 g/mol. The lowest BCUT2D eigenvalue weighted by atomic mass is 10.1. The van der Waals surface area contributed by atoms with Crippen LogP contribution in [0.3, 0.4) is 0 Å². The zero-order chi connectivity index (χ0) is 16.2. The Labute approximate surface area is 133 Å². The molecule has 1 aliphatic rings. The van der Waals surface area contributed by atoms with Crippen LogP contribution in [0.5, 0.6) is 0 Å². The Bertz CT molecular complexity index is 699. The molecule has 120 valence electrons. The van der Waals surface area contributed by atoms with Gasteiger partial charge < -0.3 is 20.3 Å². The molecule has 23 heavy (non-hydrogen) atoms. The van der Waals surface area contributed by atoms with Crippen LogP contribution in [-0.4, -0.2) is 50.9 Å². The number of aromatic nitrogens is 2. The van der Waals surface area contributed by atoms with Gasteiger partial charge in [0.25, 0.3) is 11.8 Å². The standard InChI is InChI=1S/C16H18N4O3/c21-9-11-2-1-3-12(6-11)16(23)20-5-4-13(8-20)19-15(22)14-7-17-10-18-14/h1-3,6-7,10,13,21H,4-5,8-9H2,(H,17,18)(H,19,22)/t13-/m0/s1. The van der Waals surface area contributed by atoms with Crippen molar-refractivity contribution in [2.24, 2.45) is 0 Å². The average Bonchev–Trinajstić information content (AvgIpc) is 3.26. The number of carbonyl (C=O) groups excluding carboxylic acids is 2. The van der Waals surface area contributed by atoms with Crippen LogP contribution < -0.4 is 5.32 Å². The molecular weight excluding hydrogens is 296 g/mol. The first-order valence-corrected chi connectivity index (χ1v) is 7.45. The third-order valence-electron chi connectivity index (χ3n) is 3.91. The molecule has 0 spiro atoms. The third kappa shape index (κ3) is 3.40. The van der Waals surface area contributed by atoms with Crippen LogP contribution in [0.1, 0.15) is 32.8 Å². The minimum atomic E-state index is -0.218. The number of carbonyl (C=O) groups is 2. The Balaban J connectivity index is 1.60. The summed E-state index contributed by atoms with van der Waals surface area (Å²) in [5, 5.41) is 12.1. The molecule has 0 unspecified atom stereocenters. The molecule has 3 N–H and O–H groups in total. The molecule has 1 aromatic heterocycles. The fourth-order valence-electron chi connectivity index (χ4n) is 2.69. The number of hydrogen-bond acceptors (Lipinski definition) is 4. The smallest absolute Gasteiger partial charge is 0.269 e. The molecule has 3 rings (SSSR count). The van der Waals surface area contributed by atoms with Gasteiger partial charge in [-0.05, 0) is 24.1 Å². The van der Waals surface area contributed by atoms with E-state index < -0.39 is 0 Å². The topological polar surface area (TPSA) is 98.3 Å². The number of likely N-dealkylation sites (tertiary alicyclic amines) is 1. The van der Waals surface area contributed by atoms with Gasteiger partial charge in [0.1, 0.15) is 5.69 Å². The predicted molar refractivity (Wildman–Crippen MR) is 82.7 cm³/mol.